The first-order chi connectivity index (χ1) is 22.8. The van der Waals surface area contributed by atoms with E-state index in [0.29, 0.717) is 23.2 Å². The highest BCUT2D eigenvalue weighted by molar-refractivity contribution is 6.04. The zero-order valence-electron chi connectivity index (χ0n) is 25.5. The highest BCUT2D eigenvalue weighted by Crippen LogP contribution is 2.38. The number of carbonyl (C=O) groups excluding carboxylic acids is 1. The number of rotatable bonds is 13. The summed E-state index contributed by atoms with van der Waals surface area (Å²) in [6.45, 7) is 0.697. The first-order valence-electron chi connectivity index (χ1n) is 14.9. The molecule has 0 spiro atoms. The Morgan fingerprint density at radius 3 is 2.35 bits per heavy atom. The van der Waals surface area contributed by atoms with Crippen LogP contribution in [0.1, 0.15) is 41.1 Å². The number of alkyl halides is 4. The number of halogens is 6. The summed E-state index contributed by atoms with van der Waals surface area (Å²) < 4.78 is 97.3. The molecule has 2 heterocycles. The van der Waals surface area contributed by atoms with Crippen molar-refractivity contribution in [2.75, 3.05) is 25.1 Å². The third-order valence-electron chi connectivity index (χ3n) is 8.04. The first-order valence-corrected chi connectivity index (χ1v) is 14.9. The van der Waals surface area contributed by atoms with Gasteiger partial charge in [0.1, 0.15) is 35.6 Å². The molecule has 1 amide bonds. The van der Waals surface area contributed by atoms with Gasteiger partial charge in [-0.1, -0.05) is 25.1 Å². The lowest BCUT2D eigenvalue weighted by molar-refractivity contribution is -0.210. The van der Waals surface area contributed by atoms with Crippen molar-refractivity contribution in [1.29, 1.82) is 0 Å². The average molecular weight is 679 g/mol. The van der Waals surface area contributed by atoms with Crippen LogP contribution >= 0.6 is 0 Å². The fourth-order valence-corrected chi connectivity index (χ4v) is 5.35. The minimum Gasteiger partial charge on any atom is -0.487 e. The fraction of sp³-hybridized carbons (Fsp3) is 0.364. The molecule has 3 aromatic carbocycles. The Kier molecular flexibility index (Phi) is 10.7. The third kappa shape index (κ3) is 8.32. The van der Waals surface area contributed by atoms with Crippen LogP contribution in [0.3, 0.4) is 0 Å². The molecule has 4 aromatic rings. The van der Waals surface area contributed by atoms with Crippen molar-refractivity contribution in [3.63, 3.8) is 0 Å². The van der Waals surface area contributed by atoms with Crippen LogP contribution in [0.15, 0.2) is 79.4 Å². The molecule has 0 bridgehead atoms. The Morgan fingerprint density at radius 1 is 1.06 bits per heavy atom. The molecular weight excluding hydrogens is 646 g/mol. The van der Waals surface area contributed by atoms with E-state index in [1.54, 1.807) is 31.2 Å². The monoisotopic (exact) mass is 678 g/mol. The van der Waals surface area contributed by atoms with Gasteiger partial charge in [-0.2, -0.15) is 13.9 Å². The normalized spacial score (nSPS) is 18.7. The van der Waals surface area contributed by atoms with Crippen molar-refractivity contribution >= 4 is 11.6 Å². The van der Waals surface area contributed by atoms with E-state index >= 15 is 0 Å². The molecule has 15 heteroatoms. The number of carbonyl (C=O) groups is 1. The van der Waals surface area contributed by atoms with E-state index in [1.165, 1.54) is 47.7 Å². The van der Waals surface area contributed by atoms with E-state index in [0.717, 1.165) is 12.1 Å². The Morgan fingerprint density at radius 2 is 1.75 bits per heavy atom. The standard InChI is InChI=1S/C33H32F6N4O5/c1-20(32(45,16-43-19-40-18-41-43)27-11-6-24(34)13-28(27)35)12-21-14-46-30(47-15-21)23-4-2-22(3-5-23)29(44)42-25-7-9-26(10-8-25)48-17-33(38,39)31(36)37/h2-11,13,18-21,30-31,45H,12,14-17H2,1H3,(H,42,44). The van der Waals surface area contributed by atoms with E-state index < -0.39 is 54.3 Å². The second-order valence-corrected chi connectivity index (χ2v) is 11.6. The predicted molar refractivity (Wildman–Crippen MR) is 159 cm³/mol. The molecule has 5 rings (SSSR count). The number of hydrogen-bond donors (Lipinski definition) is 2. The number of benzene rings is 3. The lowest BCUT2D eigenvalue weighted by atomic mass is 9.77. The Balaban J connectivity index is 1.14. The molecule has 9 nitrogen and oxygen atoms in total. The smallest absolute Gasteiger partial charge is 0.340 e. The molecule has 1 aromatic heterocycles. The molecule has 0 radical (unpaired) electrons. The topological polar surface area (TPSA) is 108 Å². The minimum absolute atomic E-state index is 0.0625. The van der Waals surface area contributed by atoms with Crippen LogP contribution in [0.2, 0.25) is 0 Å². The van der Waals surface area contributed by atoms with E-state index in [2.05, 4.69) is 15.4 Å². The summed E-state index contributed by atoms with van der Waals surface area (Å²) in [5.41, 5.74) is -0.531. The lowest BCUT2D eigenvalue weighted by Crippen LogP contribution is -2.41. The van der Waals surface area contributed by atoms with Crippen LogP contribution in [0.25, 0.3) is 0 Å². The van der Waals surface area contributed by atoms with Crippen LogP contribution in [-0.4, -0.2) is 57.9 Å². The first kappa shape index (κ1) is 34.9. The number of nitrogens with zero attached hydrogens (tertiary/aromatic N) is 3. The van der Waals surface area contributed by atoms with Crippen LogP contribution in [0, 0.1) is 23.5 Å². The number of nitrogens with one attached hydrogen (secondary N) is 1. The van der Waals surface area contributed by atoms with Crippen molar-refractivity contribution in [1.82, 2.24) is 14.8 Å². The number of anilines is 1. The van der Waals surface area contributed by atoms with E-state index in [9.17, 15) is 36.2 Å². The van der Waals surface area contributed by atoms with Crippen molar-refractivity contribution in [3.05, 3.63) is 108 Å². The van der Waals surface area contributed by atoms with Crippen molar-refractivity contribution in [2.24, 2.45) is 11.8 Å². The summed E-state index contributed by atoms with van der Waals surface area (Å²) in [4.78, 5) is 16.6. The zero-order valence-corrected chi connectivity index (χ0v) is 25.5. The van der Waals surface area contributed by atoms with Crippen molar-refractivity contribution in [2.45, 2.75) is 44.1 Å². The number of amides is 1. The van der Waals surface area contributed by atoms with Gasteiger partial charge in [-0.05, 0) is 54.8 Å². The van der Waals surface area contributed by atoms with E-state index in [4.69, 9.17) is 14.2 Å². The highest BCUT2D eigenvalue weighted by Gasteiger charge is 2.42. The van der Waals surface area contributed by atoms with Gasteiger partial charge < -0.3 is 24.6 Å². The molecule has 1 saturated heterocycles. The molecule has 1 fully saturated rings. The van der Waals surface area contributed by atoms with Gasteiger partial charge in [-0.3, -0.25) is 4.79 Å². The largest absolute Gasteiger partial charge is 0.487 e. The maximum absolute atomic E-state index is 14.9. The molecule has 0 aliphatic carbocycles. The maximum atomic E-state index is 14.9. The summed E-state index contributed by atoms with van der Waals surface area (Å²) in [5.74, 6) is -7.14. The molecule has 2 N–H and O–H groups in total. The van der Waals surface area contributed by atoms with Crippen LogP contribution in [0.5, 0.6) is 5.75 Å². The summed E-state index contributed by atoms with van der Waals surface area (Å²) in [7, 11) is 0. The van der Waals surface area contributed by atoms with Gasteiger partial charge in [0.25, 0.3) is 5.91 Å². The third-order valence-corrected chi connectivity index (χ3v) is 8.04. The number of aliphatic hydroxyl groups is 1. The molecule has 1 aliphatic heterocycles. The average Bonchev–Trinajstić information content (AvgIpc) is 3.57. The zero-order chi connectivity index (χ0) is 34.5. The quantitative estimate of drug-likeness (QED) is 0.159. The predicted octanol–water partition coefficient (Wildman–Crippen LogP) is 6.36. The van der Waals surface area contributed by atoms with Gasteiger partial charge in [-0.25, -0.2) is 27.2 Å². The van der Waals surface area contributed by atoms with Crippen molar-refractivity contribution < 1.29 is 50.5 Å². The minimum atomic E-state index is -4.28. The fourth-order valence-electron chi connectivity index (χ4n) is 5.35. The molecule has 256 valence electrons. The van der Waals surface area contributed by atoms with Gasteiger partial charge in [-0.15, -0.1) is 0 Å². The summed E-state index contributed by atoms with van der Waals surface area (Å²) in [6, 6.07) is 14.8. The second kappa shape index (κ2) is 14.7. The molecule has 2 unspecified atom stereocenters. The highest BCUT2D eigenvalue weighted by atomic mass is 19.3. The SMILES string of the molecule is CC(CC1COC(c2ccc(C(=O)Nc3ccc(OCC(F)(F)C(F)F)cc3)cc2)OC1)C(O)(Cn1cncn1)c1ccc(F)cc1F. The van der Waals surface area contributed by atoms with E-state index in [-0.39, 0.29) is 37.0 Å². The second-order valence-electron chi connectivity index (χ2n) is 11.6. The summed E-state index contributed by atoms with van der Waals surface area (Å²) in [6.07, 6.45) is -1.50. The maximum Gasteiger partial charge on any atom is 0.340 e. The molecule has 1 aliphatic rings. The van der Waals surface area contributed by atoms with Gasteiger partial charge in [0.2, 0.25) is 0 Å². The molecule has 0 saturated carbocycles. The van der Waals surface area contributed by atoms with Gasteiger partial charge in [0, 0.05) is 34.4 Å². The Bertz CT molecular complexity index is 1650. The molecule has 2 atom stereocenters. The van der Waals surface area contributed by atoms with Crippen molar-refractivity contribution in [3.8, 4) is 5.75 Å². The summed E-state index contributed by atoms with van der Waals surface area (Å²) in [5, 5.41) is 18.5. The van der Waals surface area contributed by atoms with Crippen LogP contribution < -0.4 is 10.1 Å². The van der Waals surface area contributed by atoms with Crippen LogP contribution in [0.4, 0.5) is 32.0 Å². The van der Waals surface area contributed by atoms with E-state index in [1.807, 2.05) is 0 Å². The van der Waals surface area contributed by atoms with Gasteiger partial charge in [0.15, 0.2) is 12.9 Å². The van der Waals surface area contributed by atoms with Gasteiger partial charge in [0.05, 0.1) is 19.8 Å². The Labute approximate surface area is 271 Å². The number of aromatic nitrogens is 3. The lowest BCUT2D eigenvalue weighted by Gasteiger charge is -2.38. The number of hydrogen-bond acceptors (Lipinski definition) is 7. The molecule has 48 heavy (non-hydrogen) atoms. The summed E-state index contributed by atoms with van der Waals surface area (Å²) >= 11 is 0. The number of ether oxygens (including phenoxy) is 3. The molecular formula is C33H32F6N4O5. The Hall–Kier alpha value is -4.47. The van der Waals surface area contributed by atoms with Gasteiger partial charge >= 0.3 is 12.3 Å². The van der Waals surface area contributed by atoms with Crippen LogP contribution in [-0.2, 0) is 21.6 Å².